The number of rotatable bonds is 4. The predicted octanol–water partition coefficient (Wildman–Crippen LogP) is 5.68. The molecule has 0 amide bonds. The Morgan fingerprint density at radius 3 is 2.67 bits per heavy atom. The molecule has 0 radical (unpaired) electrons. The summed E-state index contributed by atoms with van der Waals surface area (Å²) in [5.74, 6) is 1.89. The summed E-state index contributed by atoms with van der Waals surface area (Å²) < 4.78 is 12.8. The number of benzene rings is 1. The van der Waals surface area contributed by atoms with Crippen LogP contribution in [-0.4, -0.2) is 4.98 Å². The first-order valence-electron chi connectivity index (χ1n) is 6.61. The first kappa shape index (κ1) is 14.7. The third-order valence-corrected chi connectivity index (χ3v) is 4.77. The molecule has 0 saturated carbocycles. The van der Waals surface area contributed by atoms with Gasteiger partial charge in [0, 0.05) is 11.6 Å². The third-order valence-electron chi connectivity index (χ3n) is 3.06. The van der Waals surface area contributed by atoms with E-state index in [0.717, 1.165) is 32.9 Å². The van der Waals surface area contributed by atoms with Gasteiger partial charge in [-0.1, -0.05) is 13.8 Å². The Hall–Kier alpha value is -1.27. The minimum absolute atomic E-state index is 0.284. The number of oxazole rings is 1. The second-order valence-corrected chi connectivity index (χ2v) is 6.65. The van der Waals surface area contributed by atoms with Crippen LogP contribution in [-0.2, 0) is 6.54 Å². The van der Waals surface area contributed by atoms with E-state index in [-0.39, 0.29) is 5.92 Å². The highest BCUT2D eigenvalue weighted by Gasteiger charge is 2.10. The number of fused-ring (bicyclic) bond motifs is 1. The molecule has 0 bridgehead atoms. The van der Waals surface area contributed by atoms with Crippen molar-refractivity contribution in [2.75, 3.05) is 5.32 Å². The van der Waals surface area contributed by atoms with Gasteiger partial charge in [0.15, 0.2) is 16.1 Å². The molecule has 0 aliphatic heterocycles. The zero-order valence-electron chi connectivity index (χ0n) is 11.6. The third kappa shape index (κ3) is 3.16. The lowest BCUT2D eigenvalue weighted by Crippen LogP contribution is -1.97. The summed E-state index contributed by atoms with van der Waals surface area (Å²) in [7, 11) is 0. The van der Waals surface area contributed by atoms with Gasteiger partial charge in [0.05, 0.1) is 11.0 Å². The van der Waals surface area contributed by atoms with Gasteiger partial charge in [-0.2, -0.15) is 0 Å². The summed E-state index contributed by atoms with van der Waals surface area (Å²) >= 11 is 6.73. The molecule has 0 saturated heterocycles. The quantitative estimate of drug-likeness (QED) is 0.597. The molecule has 3 rings (SSSR count). The van der Waals surface area contributed by atoms with Gasteiger partial charge in [-0.15, -0.1) is 0 Å². The fourth-order valence-electron chi connectivity index (χ4n) is 1.97. The Morgan fingerprint density at radius 2 is 2.00 bits per heavy atom. The zero-order valence-corrected chi connectivity index (χ0v) is 14.8. The second kappa shape index (κ2) is 5.85. The average molecular weight is 414 g/mol. The molecule has 4 nitrogen and oxygen atoms in total. The molecule has 110 valence electrons. The summed E-state index contributed by atoms with van der Waals surface area (Å²) in [6.45, 7) is 4.73. The topological polar surface area (TPSA) is 51.2 Å². The van der Waals surface area contributed by atoms with Gasteiger partial charge in [-0.3, -0.25) is 0 Å². The van der Waals surface area contributed by atoms with Crippen LogP contribution in [0.5, 0.6) is 0 Å². The molecule has 0 spiro atoms. The van der Waals surface area contributed by atoms with Crippen LogP contribution < -0.4 is 5.32 Å². The van der Waals surface area contributed by atoms with E-state index in [9.17, 15) is 0 Å². The van der Waals surface area contributed by atoms with E-state index in [4.69, 9.17) is 8.83 Å². The van der Waals surface area contributed by atoms with E-state index in [0.29, 0.717) is 11.2 Å². The Morgan fingerprint density at radius 1 is 1.19 bits per heavy atom. The highest BCUT2D eigenvalue weighted by atomic mass is 79.9. The molecule has 6 heteroatoms. The van der Waals surface area contributed by atoms with Crippen LogP contribution in [0.2, 0.25) is 0 Å². The van der Waals surface area contributed by atoms with Crippen molar-refractivity contribution in [2.45, 2.75) is 26.3 Å². The summed E-state index contributed by atoms with van der Waals surface area (Å²) in [6, 6.07) is 7.83. The molecule has 2 heterocycles. The number of nitrogens with one attached hydrogen (secondary N) is 1. The molecule has 3 aromatic rings. The van der Waals surface area contributed by atoms with Gasteiger partial charge in [-0.25, -0.2) is 4.98 Å². The second-order valence-electron chi connectivity index (χ2n) is 5.08. The molecule has 0 fully saturated rings. The van der Waals surface area contributed by atoms with Crippen LogP contribution in [0.15, 0.2) is 42.2 Å². The number of anilines is 1. The van der Waals surface area contributed by atoms with Crippen molar-refractivity contribution in [1.29, 1.82) is 0 Å². The average Bonchev–Trinajstić information content (AvgIpc) is 3.00. The maximum absolute atomic E-state index is 5.70. The van der Waals surface area contributed by atoms with E-state index in [1.54, 1.807) is 0 Å². The van der Waals surface area contributed by atoms with Crippen molar-refractivity contribution in [1.82, 2.24) is 4.98 Å². The zero-order chi connectivity index (χ0) is 15.0. The first-order chi connectivity index (χ1) is 10.0. The van der Waals surface area contributed by atoms with Gasteiger partial charge in [0.2, 0.25) is 0 Å². The van der Waals surface area contributed by atoms with Crippen LogP contribution >= 0.6 is 31.9 Å². The molecule has 0 aliphatic carbocycles. The lowest BCUT2D eigenvalue weighted by Gasteiger charge is -2.03. The minimum atomic E-state index is 0.284. The minimum Gasteiger partial charge on any atom is -0.451 e. The van der Waals surface area contributed by atoms with E-state index < -0.39 is 0 Å². The van der Waals surface area contributed by atoms with Crippen molar-refractivity contribution in [3.8, 4) is 0 Å². The van der Waals surface area contributed by atoms with Crippen molar-refractivity contribution in [2.24, 2.45) is 0 Å². The fraction of sp³-hybridized carbons (Fsp3) is 0.267. The van der Waals surface area contributed by atoms with Crippen LogP contribution in [0.1, 0.15) is 31.4 Å². The van der Waals surface area contributed by atoms with Crippen LogP contribution in [0.3, 0.4) is 0 Å². The maximum Gasteiger partial charge on any atom is 0.198 e. The Balaban J connectivity index is 1.77. The molecular weight excluding hydrogens is 400 g/mol. The number of furan rings is 1. The summed E-state index contributed by atoms with van der Waals surface area (Å²) in [4.78, 5) is 4.50. The lowest BCUT2D eigenvalue weighted by atomic mass is 10.2. The van der Waals surface area contributed by atoms with Crippen molar-refractivity contribution < 1.29 is 8.83 Å². The van der Waals surface area contributed by atoms with Gasteiger partial charge >= 0.3 is 0 Å². The Bertz CT molecular complexity index is 758. The highest BCUT2D eigenvalue weighted by Crippen LogP contribution is 2.28. The lowest BCUT2D eigenvalue weighted by molar-refractivity contribution is 0.494. The smallest absolute Gasteiger partial charge is 0.198 e. The van der Waals surface area contributed by atoms with E-state index in [1.807, 2.05) is 24.3 Å². The predicted molar refractivity (Wildman–Crippen MR) is 89.5 cm³/mol. The molecule has 21 heavy (non-hydrogen) atoms. The fourth-order valence-corrected chi connectivity index (χ4v) is 2.63. The summed E-state index contributed by atoms with van der Waals surface area (Å²) in [5, 5.41) is 3.32. The maximum atomic E-state index is 5.70. The molecule has 2 aromatic heterocycles. The number of aromatic nitrogens is 1. The molecule has 0 unspecified atom stereocenters. The largest absolute Gasteiger partial charge is 0.451 e. The van der Waals surface area contributed by atoms with E-state index >= 15 is 0 Å². The monoisotopic (exact) mass is 412 g/mol. The van der Waals surface area contributed by atoms with Crippen molar-refractivity contribution in [3.05, 3.63) is 45.1 Å². The number of hydrogen-bond donors (Lipinski definition) is 1. The van der Waals surface area contributed by atoms with E-state index in [1.165, 1.54) is 0 Å². The standard InChI is InChI=1S/C15H14Br2N2O2/c1-8(2)15-19-12-5-9(3-4-13(12)21-15)18-7-10-6-11(16)14(17)20-10/h3-6,8,18H,7H2,1-2H3. The Labute approximate surface area is 139 Å². The number of halogens is 2. The van der Waals surface area contributed by atoms with Gasteiger partial charge < -0.3 is 14.2 Å². The van der Waals surface area contributed by atoms with E-state index in [2.05, 4.69) is 56.0 Å². The number of nitrogens with zero attached hydrogens (tertiary/aromatic N) is 1. The van der Waals surface area contributed by atoms with Crippen LogP contribution in [0, 0.1) is 0 Å². The normalized spacial score (nSPS) is 11.5. The highest BCUT2D eigenvalue weighted by molar-refractivity contribution is 9.13. The molecule has 0 aliphatic rings. The summed E-state index contributed by atoms with van der Waals surface area (Å²) in [6.07, 6.45) is 0. The van der Waals surface area contributed by atoms with Gasteiger partial charge in [-0.05, 0) is 56.1 Å². The molecule has 1 N–H and O–H groups in total. The van der Waals surface area contributed by atoms with Gasteiger partial charge in [0.25, 0.3) is 0 Å². The molecule has 1 aromatic carbocycles. The van der Waals surface area contributed by atoms with Crippen LogP contribution in [0.25, 0.3) is 11.1 Å². The first-order valence-corrected chi connectivity index (χ1v) is 8.19. The van der Waals surface area contributed by atoms with Crippen molar-refractivity contribution >= 4 is 48.6 Å². The summed E-state index contributed by atoms with van der Waals surface area (Å²) in [5.41, 5.74) is 2.66. The molecular formula is C15H14Br2N2O2. The molecule has 0 atom stereocenters. The van der Waals surface area contributed by atoms with Crippen molar-refractivity contribution in [3.63, 3.8) is 0 Å². The number of hydrogen-bond acceptors (Lipinski definition) is 4. The Kier molecular flexibility index (Phi) is 4.08. The SMILES string of the molecule is CC(C)c1nc2cc(NCc3cc(Br)c(Br)o3)ccc2o1. The van der Waals surface area contributed by atoms with Gasteiger partial charge in [0.1, 0.15) is 11.3 Å². The van der Waals surface area contributed by atoms with Crippen LogP contribution in [0.4, 0.5) is 5.69 Å².